The van der Waals surface area contributed by atoms with Crippen molar-refractivity contribution in [1.29, 1.82) is 0 Å². The second-order valence-electron chi connectivity index (χ2n) is 13.7. The molecular weight excluding hydrogens is 639 g/mol. The van der Waals surface area contributed by atoms with Crippen molar-refractivity contribution >= 4 is 16.7 Å². The van der Waals surface area contributed by atoms with E-state index >= 15 is 0 Å². The van der Waals surface area contributed by atoms with Crippen LogP contribution in [-0.4, -0.2) is 5.97 Å². The second kappa shape index (κ2) is 12.0. The van der Waals surface area contributed by atoms with Gasteiger partial charge in [-0.05, 0) is 64.9 Å². The molecule has 52 heavy (non-hydrogen) atoms. The third-order valence-electron chi connectivity index (χ3n) is 10.5. The number of fused-ring (bicyclic) bond motifs is 8. The minimum Gasteiger partial charge on any atom is -0.397 e. The highest BCUT2D eigenvalue weighted by Gasteiger charge is 2.41. The molecule has 246 valence electrons. The fraction of sp³-hybridized carbons (Fsp3) is 0.0638. The molecule has 2 aliphatic rings. The number of rotatable bonds is 2. The lowest BCUT2D eigenvalue weighted by Crippen LogP contribution is -2.42. The van der Waals surface area contributed by atoms with Crippen molar-refractivity contribution in [3.05, 3.63) is 181 Å². The molecule has 10 rings (SSSR count). The van der Waals surface area contributed by atoms with Crippen molar-refractivity contribution in [1.82, 2.24) is 0 Å². The summed E-state index contributed by atoms with van der Waals surface area (Å²) in [5.74, 6) is -0.383. The van der Waals surface area contributed by atoms with E-state index in [0.29, 0.717) is 12.2 Å². The van der Waals surface area contributed by atoms with E-state index in [0.717, 1.165) is 78.0 Å². The van der Waals surface area contributed by atoms with E-state index in [9.17, 15) is 4.79 Å². The third-order valence-corrected chi connectivity index (χ3v) is 10.5. The number of carbonyl (C=O) groups excluding carboxylic acids is 1. The van der Waals surface area contributed by atoms with Crippen molar-refractivity contribution in [2.45, 2.75) is 20.2 Å². The predicted molar refractivity (Wildman–Crippen MR) is 202 cm³/mol. The van der Waals surface area contributed by atoms with Crippen LogP contribution >= 0.6 is 0 Å². The van der Waals surface area contributed by atoms with Gasteiger partial charge in [0.05, 0.1) is 10.9 Å². The first-order chi connectivity index (χ1) is 25.6. The zero-order valence-corrected chi connectivity index (χ0v) is 28.7. The molecule has 2 aliphatic heterocycles. The average molecular weight is 673 g/mol. The molecule has 0 N–H and O–H groups in total. The summed E-state index contributed by atoms with van der Waals surface area (Å²) in [4.78, 5) is 14.6. The lowest BCUT2D eigenvalue weighted by atomic mass is 9.91. The number of ether oxygens (including phenoxy) is 1. The summed E-state index contributed by atoms with van der Waals surface area (Å²) in [6.07, 6.45) is 4.20. The van der Waals surface area contributed by atoms with Crippen LogP contribution in [-0.2, 0) is 18.0 Å². The third kappa shape index (κ3) is 4.85. The molecular formula is C47H34N3O2+3. The van der Waals surface area contributed by atoms with Crippen LogP contribution in [0.5, 0.6) is 0 Å². The molecule has 0 spiro atoms. The molecule has 0 fully saturated rings. The highest BCUT2D eigenvalue weighted by atomic mass is 16.5. The van der Waals surface area contributed by atoms with Crippen molar-refractivity contribution in [2.75, 3.05) is 0 Å². The number of esters is 1. The molecule has 0 aliphatic carbocycles. The van der Waals surface area contributed by atoms with E-state index in [-0.39, 0.29) is 12.7 Å². The maximum Gasteiger partial charge on any atom is 0.409 e. The van der Waals surface area contributed by atoms with Crippen LogP contribution in [0.25, 0.3) is 72.5 Å². The van der Waals surface area contributed by atoms with E-state index < -0.39 is 0 Å². The number of carbonyl (C=O) groups is 1. The summed E-state index contributed by atoms with van der Waals surface area (Å²) in [6, 6.07) is 53.5. The van der Waals surface area contributed by atoms with Crippen LogP contribution in [0.1, 0.15) is 21.6 Å². The highest BCUT2D eigenvalue weighted by Crippen LogP contribution is 2.41. The average Bonchev–Trinajstić information content (AvgIpc) is 3.28. The Morgan fingerprint density at radius 1 is 0.538 bits per heavy atom. The summed E-state index contributed by atoms with van der Waals surface area (Å²) in [5.41, 5.74) is 14.0. The molecule has 5 nitrogen and oxygen atoms in total. The molecule has 5 aromatic carbocycles. The van der Waals surface area contributed by atoms with Crippen molar-refractivity contribution in [3.8, 4) is 61.7 Å². The topological polar surface area (TPSA) is 37.9 Å². The lowest BCUT2D eigenvalue weighted by Gasteiger charge is -2.15. The highest BCUT2D eigenvalue weighted by molar-refractivity contribution is 5.98. The van der Waals surface area contributed by atoms with E-state index in [1.54, 1.807) is 0 Å². The minimum atomic E-state index is -0.383. The van der Waals surface area contributed by atoms with Gasteiger partial charge in [0.25, 0.3) is 12.4 Å². The number of aromatic nitrogens is 3. The zero-order chi connectivity index (χ0) is 34.8. The van der Waals surface area contributed by atoms with Gasteiger partial charge in [-0.15, -0.1) is 4.57 Å². The Morgan fingerprint density at radius 2 is 1.25 bits per heavy atom. The minimum absolute atomic E-state index is 0.0777. The monoisotopic (exact) mass is 672 g/mol. The largest absolute Gasteiger partial charge is 0.409 e. The number of cyclic esters (lactones) is 1. The van der Waals surface area contributed by atoms with Gasteiger partial charge in [0, 0.05) is 35.9 Å². The molecule has 0 bridgehead atoms. The Balaban J connectivity index is 1.46. The van der Waals surface area contributed by atoms with Crippen LogP contribution < -0.4 is 13.7 Å². The first-order valence-electron chi connectivity index (χ1n) is 17.7. The predicted octanol–water partition coefficient (Wildman–Crippen LogP) is 8.82. The van der Waals surface area contributed by atoms with Crippen molar-refractivity contribution in [2.24, 2.45) is 0 Å². The van der Waals surface area contributed by atoms with E-state index in [4.69, 9.17) is 4.74 Å². The van der Waals surface area contributed by atoms with E-state index in [1.807, 2.05) is 22.9 Å². The molecule has 0 unspecified atom stereocenters. The second-order valence-corrected chi connectivity index (χ2v) is 13.7. The Labute approximate surface area is 301 Å². The molecule has 0 radical (unpaired) electrons. The van der Waals surface area contributed by atoms with Gasteiger partial charge in [0.2, 0.25) is 22.8 Å². The molecule has 0 atom stereocenters. The quantitative estimate of drug-likeness (QED) is 0.136. The van der Waals surface area contributed by atoms with Gasteiger partial charge >= 0.3 is 5.97 Å². The van der Waals surface area contributed by atoms with Gasteiger partial charge in [-0.25, -0.2) is 4.79 Å². The van der Waals surface area contributed by atoms with E-state index in [1.165, 1.54) is 5.56 Å². The van der Waals surface area contributed by atoms with Crippen molar-refractivity contribution in [3.63, 3.8) is 0 Å². The maximum absolute atomic E-state index is 14.6. The smallest absolute Gasteiger partial charge is 0.397 e. The van der Waals surface area contributed by atoms with Gasteiger partial charge in [0.1, 0.15) is 11.1 Å². The lowest BCUT2D eigenvalue weighted by molar-refractivity contribution is -0.717. The molecule has 0 saturated heterocycles. The Kier molecular flexibility index (Phi) is 6.93. The van der Waals surface area contributed by atoms with Gasteiger partial charge in [-0.2, -0.15) is 9.13 Å². The molecule has 0 saturated carbocycles. The Morgan fingerprint density at radius 3 is 2.13 bits per heavy atom. The van der Waals surface area contributed by atoms with Crippen LogP contribution in [0.15, 0.2) is 164 Å². The fourth-order valence-corrected chi connectivity index (χ4v) is 7.96. The van der Waals surface area contributed by atoms with Gasteiger partial charge in [0.15, 0.2) is 18.9 Å². The zero-order valence-electron chi connectivity index (χ0n) is 28.7. The van der Waals surface area contributed by atoms with Crippen LogP contribution in [0.3, 0.4) is 0 Å². The van der Waals surface area contributed by atoms with Gasteiger partial charge in [-0.3, -0.25) is 0 Å². The summed E-state index contributed by atoms with van der Waals surface area (Å²) in [6.45, 7) is 2.81. The number of aryl methyl sites for hydroxylation is 1. The molecule has 5 heterocycles. The normalized spacial score (nSPS) is 12.8. The Hall–Kier alpha value is -6.72. The van der Waals surface area contributed by atoms with Crippen molar-refractivity contribution < 1.29 is 23.2 Å². The SMILES string of the molecule is Cc1ccc(-c2cc3[n+]4c(c2)-c2ccccc2C[n+]2ccc5ccccc5c2-c2cc(-c5ccccc5)cc(c2-4)-c2cccc[n+]2COC3=O)cc1. The van der Waals surface area contributed by atoms with Gasteiger partial charge in [-0.1, -0.05) is 96.6 Å². The Bertz CT molecular complexity index is 2740. The maximum atomic E-state index is 14.6. The standard InChI is InChI=1S/C47H34N3O2/c1-31-18-20-33(21-19-31)37-27-43-38-15-7-6-14-35(38)29-48-24-22-34-13-5-8-16-39(34)45(48)41-26-36(32-11-3-2-4-12-32)25-40-42-17-9-10-23-49(42)30-52-47(51)44(28-37)50(43)46(40)41/h2-28H,29-30H2,1H3/q+3. The van der Waals surface area contributed by atoms with Gasteiger partial charge < -0.3 is 4.74 Å². The summed E-state index contributed by atoms with van der Waals surface area (Å²) in [7, 11) is 0. The number of pyridine rings is 3. The molecule has 5 heteroatoms. The number of benzene rings is 5. The van der Waals surface area contributed by atoms with Crippen LogP contribution in [0.2, 0.25) is 0 Å². The summed E-state index contributed by atoms with van der Waals surface area (Å²) in [5, 5.41) is 2.29. The van der Waals surface area contributed by atoms with Crippen LogP contribution in [0, 0.1) is 6.92 Å². The first-order valence-corrected chi connectivity index (χ1v) is 17.7. The van der Waals surface area contributed by atoms with Crippen LogP contribution in [0.4, 0.5) is 0 Å². The number of nitrogens with zero attached hydrogens (tertiary/aromatic N) is 3. The summed E-state index contributed by atoms with van der Waals surface area (Å²) >= 11 is 0. The summed E-state index contributed by atoms with van der Waals surface area (Å²) < 4.78 is 12.8. The first kappa shape index (κ1) is 30.1. The van der Waals surface area contributed by atoms with E-state index in [2.05, 4.69) is 162 Å². The molecule has 0 amide bonds. The number of hydrogen-bond acceptors (Lipinski definition) is 2. The molecule has 8 aromatic rings. The number of hydrogen-bond donors (Lipinski definition) is 0. The fourth-order valence-electron chi connectivity index (χ4n) is 7.96. The molecule has 3 aromatic heterocycles.